The fourth-order valence-corrected chi connectivity index (χ4v) is 2.13. The normalized spacial score (nSPS) is 10.0. The van der Waals surface area contributed by atoms with Crippen LogP contribution in [0.1, 0.15) is 10.5 Å². The molecule has 98 valence electrons. The topological polar surface area (TPSA) is 80.0 Å². The van der Waals surface area contributed by atoms with Gasteiger partial charge in [0.05, 0.1) is 11.4 Å². The third kappa shape index (κ3) is 3.24. The largest absolute Gasteiger partial charge is 0.324 e. The summed E-state index contributed by atoms with van der Waals surface area (Å²) < 4.78 is 0. The van der Waals surface area contributed by atoms with Gasteiger partial charge in [0.1, 0.15) is 5.69 Å². The Morgan fingerprint density at radius 1 is 1.32 bits per heavy atom. The Morgan fingerprint density at radius 3 is 2.84 bits per heavy atom. The minimum absolute atomic E-state index is 0.265. The summed E-state index contributed by atoms with van der Waals surface area (Å²) >= 11 is 1.57. The number of nitrogens with two attached hydrogens (primary N) is 1. The van der Waals surface area contributed by atoms with Crippen molar-refractivity contribution in [1.29, 1.82) is 0 Å². The highest BCUT2D eigenvalue weighted by Crippen LogP contribution is 2.25. The Morgan fingerprint density at radius 2 is 2.11 bits per heavy atom. The molecule has 0 aliphatic heterocycles. The highest BCUT2D eigenvalue weighted by atomic mass is 32.2. The Bertz CT molecular complexity index is 588. The lowest BCUT2D eigenvalue weighted by Crippen LogP contribution is -2.15. The third-order valence-corrected chi connectivity index (χ3v) is 3.31. The summed E-state index contributed by atoms with van der Waals surface area (Å²) in [6, 6.07) is 10.9. The Balaban J connectivity index is 2.20. The highest BCUT2D eigenvalue weighted by molar-refractivity contribution is 7.98. The van der Waals surface area contributed by atoms with Crippen molar-refractivity contribution in [3.8, 4) is 0 Å². The SMILES string of the molecule is CSc1ccccc1NC(=O)c1cc(NN)ccn1. The summed E-state index contributed by atoms with van der Waals surface area (Å²) in [5.74, 6) is 5.04. The van der Waals surface area contributed by atoms with Gasteiger partial charge in [0.2, 0.25) is 0 Å². The number of anilines is 2. The van der Waals surface area contributed by atoms with Crippen LogP contribution in [0.5, 0.6) is 0 Å². The molecule has 2 aromatic rings. The zero-order valence-corrected chi connectivity index (χ0v) is 11.2. The molecular weight excluding hydrogens is 260 g/mol. The van der Waals surface area contributed by atoms with Crippen LogP contribution in [0.3, 0.4) is 0 Å². The summed E-state index contributed by atoms with van der Waals surface area (Å²) in [6.07, 6.45) is 3.49. The van der Waals surface area contributed by atoms with Crippen molar-refractivity contribution < 1.29 is 4.79 Å². The minimum atomic E-state index is -0.265. The van der Waals surface area contributed by atoms with E-state index in [2.05, 4.69) is 15.7 Å². The number of amides is 1. The first-order valence-electron chi connectivity index (χ1n) is 5.61. The fraction of sp³-hybridized carbons (Fsp3) is 0.0769. The number of hydrogen-bond donors (Lipinski definition) is 3. The lowest BCUT2D eigenvalue weighted by molar-refractivity contribution is 0.102. The van der Waals surface area contributed by atoms with Crippen LogP contribution < -0.4 is 16.6 Å². The molecule has 0 aliphatic rings. The molecule has 0 saturated heterocycles. The first kappa shape index (κ1) is 13.4. The van der Waals surface area contributed by atoms with Crippen molar-refractivity contribution >= 4 is 29.0 Å². The van der Waals surface area contributed by atoms with Crippen molar-refractivity contribution in [1.82, 2.24) is 4.98 Å². The first-order valence-corrected chi connectivity index (χ1v) is 6.84. The third-order valence-electron chi connectivity index (χ3n) is 2.51. The maximum absolute atomic E-state index is 12.1. The van der Waals surface area contributed by atoms with Gasteiger partial charge in [0, 0.05) is 11.1 Å². The number of pyridine rings is 1. The molecular formula is C13H14N4OS. The number of carbonyl (C=O) groups is 1. The Labute approximate surface area is 115 Å². The predicted octanol–water partition coefficient (Wildman–Crippen LogP) is 2.34. The molecule has 0 aliphatic carbocycles. The van der Waals surface area contributed by atoms with E-state index in [1.165, 1.54) is 6.20 Å². The van der Waals surface area contributed by atoms with Crippen LogP contribution in [0.2, 0.25) is 0 Å². The lowest BCUT2D eigenvalue weighted by atomic mass is 10.2. The number of thioether (sulfide) groups is 1. The van der Waals surface area contributed by atoms with Crippen molar-refractivity contribution in [3.63, 3.8) is 0 Å². The Kier molecular flexibility index (Phi) is 4.38. The number of hydrogen-bond acceptors (Lipinski definition) is 5. The second-order valence-corrected chi connectivity index (χ2v) is 4.58. The average molecular weight is 274 g/mol. The number of hydrazine groups is 1. The van der Waals surface area contributed by atoms with Crippen molar-refractivity contribution in [2.24, 2.45) is 5.84 Å². The summed E-state index contributed by atoms with van der Waals surface area (Å²) in [5, 5.41) is 2.84. The van der Waals surface area contributed by atoms with E-state index in [0.29, 0.717) is 11.4 Å². The van der Waals surface area contributed by atoms with Gasteiger partial charge in [-0.25, -0.2) is 0 Å². The molecule has 19 heavy (non-hydrogen) atoms. The molecule has 1 aromatic heterocycles. The maximum atomic E-state index is 12.1. The molecule has 0 spiro atoms. The molecule has 0 radical (unpaired) electrons. The second-order valence-electron chi connectivity index (χ2n) is 3.73. The summed E-state index contributed by atoms with van der Waals surface area (Å²) in [4.78, 5) is 17.1. The van der Waals surface area contributed by atoms with Crippen LogP contribution in [0.4, 0.5) is 11.4 Å². The average Bonchev–Trinajstić information content (AvgIpc) is 2.47. The fourth-order valence-electron chi connectivity index (χ4n) is 1.58. The summed E-state index contributed by atoms with van der Waals surface area (Å²) in [6.45, 7) is 0. The molecule has 1 amide bonds. The smallest absolute Gasteiger partial charge is 0.274 e. The maximum Gasteiger partial charge on any atom is 0.274 e. The van der Waals surface area contributed by atoms with Gasteiger partial charge in [-0.1, -0.05) is 12.1 Å². The number of rotatable bonds is 4. The molecule has 0 unspecified atom stereocenters. The standard InChI is InChI=1S/C13H14N4OS/c1-19-12-5-3-2-4-10(12)16-13(18)11-8-9(17-14)6-7-15-11/h2-8H,14H2,1H3,(H,15,17)(H,16,18). The van der Waals surface area contributed by atoms with Crippen LogP contribution in [-0.2, 0) is 0 Å². The first-order chi connectivity index (χ1) is 9.24. The molecule has 2 rings (SSSR count). The quantitative estimate of drug-likeness (QED) is 0.453. The highest BCUT2D eigenvalue weighted by Gasteiger charge is 2.10. The summed E-state index contributed by atoms with van der Waals surface area (Å²) in [5.41, 5.74) is 4.20. The number of para-hydroxylation sites is 1. The van der Waals surface area contributed by atoms with Gasteiger partial charge in [-0.3, -0.25) is 15.6 Å². The molecule has 0 atom stereocenters. The van der Waals surface area contributed by atoms with E-state index in [0.717, 1.165) is 10.6 Å². The van der Waals surface area contributed by atoms with E-state index in [-0.39, 0.29) is 5.91 Å². The number of benzene rings is 1. The molecule has 0 fully saturated rings. The number of aromatic nitrogens is 1. The monoisotopic (exact) mass is 274 g/mol. The zero-order valence-electron chi connectivity index (χ0n) is 10.4. The van der Waals surface area contributed by atoms with Crippen LogP contribution in [0.25, 0.3) is 0 Å². The van der Waals surface area contributed by atoms with Gasteiger partial charge in [-0.2, -0.15) is 0 Å². The van der Waals surface area contributed by atoms with Crippen molar-refractivity contribution in [2.75, 3.05) is 17.0 Å². The van der Waals surface area contributed by atoms with E-state index in [1.807, 2.05) is 30.5 Å². The number of carbonyl (C=O) groups excluding carboxylic acids is 1. The van der Waals surface area contributed by atoms with Gasteiger partial charge in [-0.05, 0) is 30.5 Å². The molecule has 6 heteroatoms. The van der Waals surface area contributed by atoms with Crippen molar-refractivity contribution in [2.45, 2.75) is 4.90 Å². The lowest BCUT2D eigenvalue weighted by Gasteiger charge is -2.09. The van der Waals surface area contributed by atoms with Crippen LogP contribution in [0, 0.1) is 0 Å². The second kappa shape index (κ2) is 6.21. The van der Waals surface area contributed by atoms with E-state index >= 15 is 0 Å². The minimum Gasteiger partial charge on any atom is -0.324 e. The molecule has 4 N–H and O–H groups in total. The number of nitrogens with zero attached hydrogens (tertiary/aromatic N) is 1. The Hall–Kier alpha value is -2.05. The van der Waals surface area contributed by atoms with Gasteiger partial charge >= 0.3 is 0 Å². The van der Waals surface area contributed by atoms with E-state index in [9.17, 15) is 4.79 Å². The molecule has 0 bridgehead atoms. The predicted molar refractivity (Wildman–Crippen MR) is 78.2 cm³/mol. The summed E-state index contributed by atoms with van der Waals surface area (Å²) in [7, 11) is 0. The van der Waals surface area contributed by atoms with Crippen LogP contribution in [-0.4, -0.2) is 17.1 Å². The molecule has 1 aromatic carbocycles. The van der Waals surface area contributed by atoms with Gasteiger partial charge in [0.15, 0.2) is 0 Å². The number of nitrogen functional groups attached to an aromatic ring is 1. The van der Waals surface area contributed by atoms with Crippen molar-refractivity contribution in [3.05, 3.63) is 48.3 Å². The van der Waals surface area contributed by atoms with Gasteiger partial charge < -0.3 is 10.7 Å². The molecule has 1 heterocycles. The molecule has 0 saturated carbocycles. The zero-order chi connectivity index (χ0) is 13.7. The molecule has 5 nitrogen and oxygen atoms in total. The van der Waals surface area contributed by atoms with E-state index in [1.54, 1.807) is 23.9 Å². The van der Waals surface area contributed by atoms with Gasteiger partial charge in [0.25, 0.3) is 5.91 Å². The van der Waals surface area contributed by atoms with Gasteiger partial charge in [-0.15, -0.1) is 11.8 Å². The van der Waals surface area contributed by atoms with Crippen LogP contribution in [0.15, 0.2) is 47.5 Å². The van der Waals surface area contributed by atoms with Crippen LogP contribution >= 0.6 is 11.8 Å². The number of nitrogens with one attached hydrogen (secondary N) is 2. The van der Waals surface area contributed by atoms with E-state index in [4.69, 9.17) is 5.84 Å². The van der Waals surface area contributed by atoms with E-state index < -0.39 is 0 Å².